The maximum Gasteiger partial charge on any atom is 0.270 e. The molecule has 0 saturated heterocycles. The number of anilines is 1. The van der Waals surface area contributed by atoms with Crippen LogP contribution in [0.1, 0.15) is 27.2 Å². The predicted molar refractivity (Wildman–Crippen MR) is 143 cm³/mol. The van der Waals surface area contributed by atoms with Crippen LogP contribution in [0.2, 0.25) is 0 Å². The molecule has 0 unspecified atom stereocenters. The highest BCUT2D eigenvalue weighted by Gasteiger charge is 2.24. The van der Waals surface area contributed by atoms with Gasteiger partial charge < -0.3 is 4.57 Å². The van der Waals surface area contributed by atoms with Gasteiger partial charge in [0.25, 0.3) is 11.6 Å². The molecule has 0 spiro atoms. The summed E-state index contributed by atoms with van der Waals surface area (Å²) in [5, 5.41) is 12.5. The summed E-state index contributed by atoms with van der Waals surface area (Å²) in [6.45, 7) is 5.32. The molecule has 0 aliphatic rings. The van der Waals surface area contributed by atoms with Gasteiger partial charge in [-0.15, -0.1) is 23.7 Å². The lowest BCUT2D eigenvalue weighted by Crippen LogP contribution is -2.31. The van der Waals surface area contributed by atoms with Crippen molar-refractivity contribution in [1.29, 1.82) is 0 Å². The van der Waals surface area contributed by atoms with E-state index in [0.29, 0.717) is 21.9 Å². The summed E-state index contributed by atoms with van der Waals surface area (Å²) < 4.78 is 3.85. The van der Waals surface area contributed by atoms with Gasteiger partial charge in [0.2, 0.25) is 0 Å². The number of nitro groups is 1. The van der Waals surface area contributed by atoms with Gasteiger partial charge >= 0.3 is 0 Å². The van der Waals surface area contributed by atoms with Crippen molar-refractivity contribution in [3.8, 4) is 0 Å². The van der Waals surface area contributed by atoms with Crippen molar-refractivity contribution >= 4 is 72.1 Å². The quantitative estimate of drug-likeness (QED) is 0.180. The molecular formula is C24H22ClN5O3S2. The molecule has 5 aromatic rings. The topological polar surface area (TPSA) is 94.2 Å². The number of nitro benzene ring substituents is 1. The average molecular weight is 528 g/mol. The summed E-state index contributed by atoms with van der Waals surface area (Å²) >= 11 is 2.84. The Morgan fingerprint density at radius 1 is 1.14 bits per heavy atom. The molecular weight excluding hydrogens is 506 g/mol. The second-order valence-corrected chi connectivity index (χ2v) is 10.1. The summed E-state index contributed by atoms with van der Waals surface area (Å²) in [4.78, 5) is 35.6. The van der Waals surface area contributed by atoms with E-state index in [2.05, 4.69) is 18.0 Å². The lowest BCUT2D eigenvalue weighted by atomic mass is 10.1. The van der Waals surface area contributed by atoms with Crippen molar-refractivity contribution in [3.05, 3.63) is 81.2 Å². The van der Waals surface area contributed by atoms with Crippen molar-refractivity contribution in [2.45, 2.75) is 26.8 Å². The number of imidazole rings is 1. The second-order valence-electron chi connectivity index (χ2n) is 8.05. The van der Waals surface area contributed by atoms with Gasteiger partial charge in [-0.05, 0) is 49.6 Å². The summed E-state index contributed by atoms with van der Waals surface area (Å²) in [6.07, 6.45) is 6.12. The number of benzene rings is 2. The highest BCUT2D eigenvalue weighted by Crippen LogP contribution is 2.35. The van der Waals surface area contributed by atoms with Crippen LogP contribution in [0.4, 0.5) is 10.8 Å². The van der Waals surface area contributed by atoms with Gasteiger partial charge in [-0.3, -0.25) is 19.8 Å². The molecule has 8 nitrogen and oxygen atoms in total. The smallest absolute Gasteiger partial charge is 0.270 e. The first-order chi connectivity index (χ1) is 16.4. The normalized spacial score (nSPS) is 11.0. The number of nitrogens with zero attached hydrogens (tertiary/aromatic N) is 5. The van der Waals surface area contributed by atoms with Gasteiger partial charge in [0, 0.05) is 47.7 Å². The SMILES string of the molecule is Cc1ccc2sc(N(CCCn3ccnc3)C(=O)c3cc4cc([N+](=O)[O-])ccc4s3)nc2c1C.Cl. The first-order valence-corrected chi connectivity index (χ1v) is 12.4. The average Bonchev–Trinajstić information content (AvgIpc) is 3.57. The number of thiazole rings is 1. The first kappa shape index (κ1) is 24.8. The fraction of sp³-hybridized carbons (Fsp3) is 0.208. The third kappa shape index (κ3) is 4.90. The van der Waals surface area contributed by atoms with Crippen molar-refractivity contribution in [2.24, 2.45) is 0 Å². The third-order valence-electron chi connectivity index (χ3n) is 5.83. The van der Waals surface area contributed by atoms with E-state index in [1.807, 2.05) is 23.8 Å². The fourth-order valence-electron chi connectivity index (χ4n) is 3.83. The zero-order chi connectivity index (χ0) is 23.8. The molecule has 0 bridgehead atoms. The molecule has 3 aromatic heterocycles. The molecule has 0 radical (unpaired) electrons. The zero-order valence-electron chi connectivity index (χ0n) is 19.0. The summed E-state index contributed by atoms with van der Waals surface area (Å²) in [6, 6.07) is 10.5. The number of carbonyl (C=O) groups excluding carboxylic acids is 1. The van der Waals surface area contributed by atoms with Crippen LogP contribution >= 0.6 is 35.1 Å². The number of aryl methyl sites for hydroxylation is 3. The van der Waals surface area contributed by atoms with Crippen molar-refractivity contribution in [2.75, 3.05) is 11.4 Å². The number of thiophene rings is 1. The summed E-state index contributed by atoms with van der Waals surface area (Å²) in [5.74, 6) is -0.150. The van der Waals surface area contributed by atoms with Crippen LogP contribution in [0.15, 0.2) is 55.1 Å². The minimum absolute atomic E-state index is 0. The van der Waals surface area contributed by atoms with E-state index >= 15 is 0 Å². The van der Waals surface area contributed by atoms with E-state index < -0.39 is 4.92 Å². The number of amides is 1. The van der Waals surface area contributed by atoms with E-state index in [1.165, 1.54) is 34.8 Å². The molecule has 0 aliphatic heterocycles. The van der Waals surface area contributed by atoms with Gasteiger partial charge in [0.1, 0.15) is 0 Å². The van der Waals surface area contributed by atoms with Crippen LogP contribution < -0.4 is 4.90 Å². The monoisotopic (exact) mass is 527 g/mol. The maximum atomic E-state index is 13.7. The number of hydrogen-bond donors (Lipinski definition) is 0. The number of hydrogen-bond acceptors (Lipinski definition) is 7. The Kier molecular flexibility index (Phi) is 7.15. The van der Waals surface area contributed by atoms with Gasteiger partial charge in [-0.1, -0.05) is 17.4 Å². The Labute approximate surface area is 215 Å². The number of fused-ring (bicyclic) bond motifs is 2. The van der Waals surface area contributed by atoms with E-state index in [0.717, 1.165) is 39.0 Å². The number of non-ortho nitro benzene ring substituents is 1. The molecule has 11 heteroatoms. The Balaban J connectivity index is 0.00000289. The molecule has 3 heterocycles. The zero-order valence-corrected chi connectivity index (χ0v) is 21.5. The predicted octanol–water partition coefficient (Wildman–Crippen LogP) is 6.39. The Hall–Kier alpha value is -3.34. The Bertz CT molecular complexity index is 1530. The third-order valence-corrected chi connectivity index (χ3v) is 7.98. The Morgan fingerprint density at radius 3 is 2.69 bits per heavy atom. The number of carbonyl (C=O) groups is 1. The van der Waals surface area contributed by atoms with Crippen LogP contribution in [-0.4, -0.2) is 31.9 Å². The lowest BCUT2D eigenvalue weighted by molar-refractivity contribution is -0.384. The van der Waals surface area contributed by atoms with Gasteiger partial charge in [0.15, 0.2) is 5.13 Å². The molecule has 35 heavy (non-hydrogen) atoms. The molecule has 0 aliphatic carbocycles. The lowest BCUT2D eigenvalue weighted by Gasteiger charge is -2.19. The molecule has 1 amide bonds. The van der Waals surface area contributed by atoms with E-state index in [9.17, 15) is 14.9 Å². The van der Waals surface area contributed by atoms with Crippen molar-refractivity contribution in [3.63, 3.8) is 0 Å². The van der Waals surface area contributed by atoms with Gasteiger partial charge in [0.05, 0.1) is 26.3 Å². The van der Waals surface area contributed by atoms with Crippen LogP contribution in [-0.2, 0) is 6.54 Å². The van der Waals surface area contributed by atoms with E-state index in [-0.39, 0.29) is 24.0 Å². The van der Waals surface area contributed by atoms with Crippen LogP contribution in [0.25, 0.3) is 20.3 Å². The van der Waals surface area contributed by atoms with Gasteiger partial charge in [-0.2, -0.15) is 0 Å². The molecule has 5 rings (SSSR count). The number of aromatic nitrogens is 3. The molecule has 0 atom stereocenters. The maximum absolute atomic E-state index is 13.7. The van der Waals surface area contributed by atoms with Crippen LogP contribution in [0, 0.1) is 24.0 Å². The molecule has 0 N–H and O–H groups in total. The van der Waals surface area contributed by atoms with Gasteiger partial charge in [-0.25, -0.2) is 9.97 Å². The van der Waals surface area contributed by atoms with E-state index in [4.69, 9.17) is 4.98 Å². The largest absolute Gasteiger partial charge is 0.337 e. The fourth-order valence-corrected chi connectivity index (χ4v) is 5.87. The second kappa shape index (κ2) is 10.1. The highest BCUT2D eigenvalue weighted by atomic mass is 35.5. The van der Waals surface area contributed by atoms with Crippen molar-refractivity contribution < 1.29 is 9.72 Å². The van der Waals surface area contributed by atoms with Crippen LogP contribution in [0.5, 0.6) is 0 Å². The van der Waals surface area contributed by atoms with E-state index in [1.54, 1.807) is 29.6 Å². The minimum Gasteiger partial charge on any atom is -0.337 e. The van der Waals surface area contributed by atoms with Crippen molar-refractivity contribution in [1.82, 2.24) is 14.5 Å². The summed E-state index contributed by atoms with van der Waals surface area (Å²) in [7, 11) is 0. The molecule has 2 aromatic carbocycles. The molecule has 180 valence electrons. The molecule has 0 fully saturated rings. The molecule has 0 saturated carbocycles. The minimum atomic E-state index is -0.424. The highest BCUT2D eigenvalue weighted by molar-refractivity contribution is 7.23. The summed E-state index contributed by atoms with van der Waals surface area (Å²) in [5.41, 5.74) is 3.20. The number of halogens is 1. The Morgan fingerprint density at radius 2 is 1.94 bits per heavy atom. The first-order valence-electron chi connectivity index (χ1n) is 10.7. The number of rotatable bonds is 7. The standard InChI is InChI=1S/C24H21N5O3S2.ClH/c1-15-4-6-20-22(16(15)2)26-24(34-20)28(10-3-9-27-11-8-25-14-27)23(30)21-13-17-12-18(29(31)32)5-7-19(17)33-21;/h4-8,11-14H,3,9-10H2,1-2H3;1H. The van der Waals surface area contributed by atoms with Crippen LogP contribution in [0.3, 0.4) is 0 Å².